The molecule has 2 N–H and O–H groups in total. The smallest absolute Gasteiger partial charge is 0.229 e. The van der Waals surface area contributed by atoms with Crippen molar-refractivity contribution in [1.82, 2.24) is 24.7 Å². The summed E-state index contributed by atoms with van der Waals surface area (Å²) in [7, 11) is 0. The lowest BCUT2D eigenvalue weighted by Crippen LogP contribution is -2.04. The van der Waals surface area contributed by atoms with E-state index in [0.29, 0.717) is 12.5 Å². The molecule has 28 heavy (non-hydrogen) atoms. The van der Waals surface area contributed by atoms with Crippen LogP contribution in [0.15, 0.2) is 66.9 Å². The van der Waals surface area contributed by atoms with Crippen molar-refractivity contribution >= 4 is 17.5 Å². The standard InChI is InChI=1S/C21H21N7/c1-15-24-16(2)28(27-15)19-10-8-18(9-11-19)25-21-22-13-12-20(26-21)23-14-17-6-4-3-5-7-17/h3-13H,14H2,1-2H3,(H2,22,23,25,26). The highest BCUT2D eigenvalue weighted by Crippen LogP contribution is 2.18. The molecule has 140 valence electrons. The summed E-state index contributed by atoms with van der Waals surface area (Å²) < 4.78 is 1.82. The zero-order valence-corrected chi connectivity index (χ0v) is 15.8. The van der Waals surface area contributed by atoms with Crippen LogP contribution in [0.3, 0.4) is 0 Å². The fourth-order valence-corrected chi connectivity index (χ4v) is 2.89. The number of hydrogen-bond acceptors (Lipinski definition) is 6. The van der Waals surface area contributed by atoms with Gasteiger partial charge < -0.3 is 10.6 Å². The molecule has 4 rings (SSSR count). The first-order chi connectivity index (χ1) is 13.7. The van der Waals surface area contributed by atoms with E-state index in [1.165, 1.54) is 5.56 Å². The van der Waals surface area contributed by atoms with E-state index in [0.717, 1.165) is 28.8 Å². The quantitative estimate of drug-likeness (QED) is 0.533. The molecule has 0 amide bonds. The van der Waals surface area contributed by atoms with E-state index in [9.17, 15) is 0 Å². The van der Waals surface area contributed by atoms with Crippen molar-refractivity contribution in [2.24, 2.45) is 0 Å². The molecule has 0 bridgehead atoms. The molecular formula is C21H21N7. The van der Waals surface area contributed by atoms with Crippen LogP contribution in [0.4, 0.5) is 17.5 Å². The average molecular weight is 371 g/mol. The molecule has 0 atom stereocenters. The van der Waals surface area contributed by atoms with Crippen molar-refractivity contribution in [3.8, 4) is 5.69 Å². The molecule has 0 unspecified atom stereocenters. The van der Waals surface area contributed by atoms with E-state index in [-0.39, 0.29) is 0 Å². The molecule has 0 spiro atoms. The van der Waals surface area contributed by atoms with Gasteiger partial charge in [-0.25, -0.2) is 14.6 Å². The maximum absolute atomic E-state index is 4.52. The van der Waals surface area contributed by atoms with Gasteiger partial charge in [-0.2, -0.15) is 10.1 Å². The highest BCUT2D eigenvalue weighted by Gasteiger charge is 2.06. The normalized spacial score (nSPS) is 10.6. The van der Waals surface area contributed by atoms with E-state index < -0.39 is 0 Å². The van der Waals surface area contributed by atoms with Crippen LogP contribution in [-0.4, -0.2) is 24.7 Å². The monoisotopic (exact) mass is 371 g/mol. The molecule has 4 aromatic rings. The minimum Gasteiger partial charge on any atom is -0.366 e. The largest absolute Gasteiger partial charge is 0.366 e. The highest BCUT2D eigenvalue weighted by molar-refractivity contribution is 5.56. The van der Waals surface area contributed by atoms with Gasteiger partial charge in [-0.1, -0.05) is 30.3 Å². The van der Waals surface area contributed by atoms with Gasteiger partial charge in [0.25, 0.3) is 0 Å². The van der Waals surface area contributed by atoms with Crippen molar-refractivity contribution in [3.05, 3.63) is 84.1 Å². The predicted octanol–water partition coefficient (Wildman–Crippen LogP) is 4.03. The van der Waals surface area contributed by atoms with Gasteiger partial charge in [0.1, 0.15) is 17.5 Å². The second kappa shape index (κ2) is 7.87. The Bertz CT molecular complexity index is 1060. The summed E-state index contributed by atoms with van der Waals surface area (Å²) in [5, 5.41) is 11.0. The fraction of sp³-hybridized carbons (Fsp3) is 0.143. The molecule has 2 aromatic carbocycles. The van der Waals surface area contributed by atoms with Gasteiger partial charge in [-0.05, 0) is 49.7 Å². The van der Waals surface area contributed by atoms with Gasteiger partial charge in [-0.15, -0.1) is 0 Å². The molecule has 0 saturated carbocycles. The summed E-state index contributed by atoms with van der Waals surface area (Å²) in [5.41, 5.74) is 3.06. The van der Waals surface area contributed by atoms with Crippen molar-refractivity contribution in [3.63, 3.8) is 0 Å². The van der Waals surface area contributed by atoms with Gasteiger partial charge in [0.2, 0.25) is 5.95 Å². The van der Waals surface area contributed by atoms with Crippen LogP contribution in [0.2, 0.25) is 0 Å². The Morgan fingerprint density at radius 1 is 0.893 bits per heavy atom. The van der Waals surface area contributed by atoms with Crippen LogP contribution >= 0.6 is 0 Å². The number of rotatable bonds is 6. The minimum absolute atomic E-state index is 0.540. The highest BCUT2D eigenvalue weighted by atomic mass is 15.3. The third-order valence-electron chi connectivity index (χ3n) is 4.21. The van der Waals surface area contributed by atoms with Crippen LogP contribution in [0, 0.1) is 13.8 Å². The number of nitrogens with zero attached hydrogens (tertiary/aromatic N) is 5. The fourth-order valence-electron chi connectivity index (χ4n) is 2.89. The Morgan fingerprint density at radius 3 is 2.39 bits per heavy atom. The number of hydrogen-bond donors (Lipinski definition) is 2. The molecule has 7 nitrogen and oxygen atoms in total. The number of anilines is 3. The first kappa shape index (κ1) is 17.7. The summed E-state index contributed by atoms with van der Waals surface area (Å²) in [6, 6.07) is 20.0. The van der Waals surface area contributed by atoms with Crippen LogP contribution in [0.25, 0.3) is 5.69 Å². The van der Waals surface area contributed by atoms with Crippen LogP contribution < -0.4 is 10.6 Å². The number of aromatic nitrogens is 5. The van der Waals surface area contributed by atoms with Gasteiger partial charge in [0, 0.05) is 18.4 Å². The van der Waals surface area contributed by atoms with Crippen molar-refractivity contribution in [2.75, 3.05) is 10.6 Å². The van der Waals surface area contributed by atoms with E-state index in [1.54, 1.807) is 6.20 Å². The molecule has 7 heteroatoms. The van der Waals surface area contributed by atoms with Gasteiger partial charge in [0.15, 0.2) is 0 Å². The van der Waals surface area contributed by atoms with Gasteiger partial charge in [0.05, 0.1) is 5.69 Å². The zero-order valence-electron chi connectivity index (χ0n) is 15.8. The predicted molar refractivity (Wildman–Crippen MR) is 110 cm³/mol. The van der Waals surface area contributed by atoms with E-state index in [4.69, 9.17) is 0 Å². The summed E-state index contributed by atoms with van der Waals surface area (Å²) in [6.45, 7) is 4.53. The lowest BCUT2D eigenvalue weighted by atomic mass is 10.2. The maximum Gasteiger partial charge on any atom is 0.229 e. The minimum atomic E-state index is 0.540. The number of benzene rings is 2. The Balaban J connectivity index is 1.43. The second-order valence-corrected chi connectivity index (χ2v) is 6.39. The lowest BCUT2D eigenvalue weighted by Gasteiger charge is -2.09. The Morgan fingerprint density at radius 2 is 1.68 bits per heavy atom. The van der Waals surface area contributed by atoms with Crippen LogP contribution in [-0.2, 0) is 6.54 Å². The summed E-state index contributed by atoms with van der Waals surface area (Å²) in [4.78, 5) is 13.2. The number of aryl methyl sites for hydroxylation is 2. The third kappa shape index (κ3) is 4.15. The van der Waals surface area contributed by atoms with Crippen LogP contribution in [0.5, 0.6) is 0 Å². The molecule has 0 aliphatic rings. The van der Waals surface area contributed by atoms with Crippen molar-refractivity contribution < 1.29 is 0 Å². The summed E-state index contributed by atoms with van der Waals surface area (Å²) in [5.74, 6) is 2.93. The molecule has 0 fully saturated rings. The zero-order chi connectivity index (χ0) is 19.3. The maximum atomic E-state index is 4.52. The Kier molecular flexibility index (Phi) is 4.97. The first-order valence-corrected chi connectivity index (χ1v) is 9.06. The van der Waals surface area contributed by atoms with E-state index in [2.05, 4.69) is 42.8 Å². The van der Waals surface area contributed by atoms with Crippen LogP contribution in [0.1, 0.15) is 17.2 Å². The first-order valence-electron chi connectivity index (χ1n) is 9.06. The SMILES string of the molecule is Cc1nc(C)n(-c2ccc(Nc3nccc(NCc4ccccc4)n3)cc2)n1. The molecular weight excluding hydrogens is 350 g/mol. The lowest BCUT2D eigenvalue weighted by molar-refractivity contribution is 0.831. The summed E-state index contributed by atoms with van der Waals surface area (Å²) >= 11 is 0. The number of nitrogens with one attached hydrogen (secondary N) is 2. The molecule has 0 saturated heterocycles. The van der Waals surface area contributed by atoms with E-state index >= 15 is 0 Å². The third-order valence-corrected chi connectivity index (χ3v) is 4.21. The topological polar surface area (TPSA) is 80.5 Å². The van der Waals surface area contributed by atoms with Gasteiger partial charge in [-0.3, -0.25) is 0 Å². The van der Waals surface area contributed by atoms with Crippen molar-refractivity contribution in [1.29, 1.82) is 0 Å². The molecule has 2 heterocycles. The van der Waals surface area contributed by atoms with Gasteiger partial charge >= 0.3 is 0 Å². The molecule has 2 aromatic heterocycles. The van der Waals surface area contributed by atoms with Crippen molar-refractivity contribution in [2.45, 2.75) is 20.4 Å². The molecule has 0 aliphatic carbocycles. The Labute approximate surface area is 163 Å². The second-order valence-electron chi connectivity index (χ2n) is 6.39. The molecule has 0 radical (unpaired) electrons. The average Bonchev–Trinajstić information content (AvgIpc) is 3.06. The molecule has 0 aliphatic heterocycles. The Hall–Kier alpha value is -3.74. The van der Waals surface area contributed by atoms with E-state index in [1.807, 2.05) is 67.1 Å². The summed E-state index contributed by atoms with van der Waals surface area (Å²) in [6.07, 6.45) is 1.73.